The van der Waals surface area contributed by atoms with E-state index in [4.69, 9.17) is 0 Å². The molecule has 0 amide bonds. The van der Waals surface area contributed by atoms with Crippen molar-refractivity contribution in [2.75, 3.05) is 33.2 Å². The van der Waals surface area contributed by atoms with Crippen molar-refractivity contribution >= 4 is 6.08 Å². The summed E-state index contributed by atoms with van der Waals surface area (Å²) in [6, 6.07) is 8.52. The number of hydrogen-bond donors (Lipinski definition) is 0. The maximum absolute atomic E-state index is 3.87. The van der Waals surface area contributed by atoms with Crippen LogP contribution in [-0.2, 0) is 6.54 Å². The molecule has 1 saturated heterocycles. The average Bonchev–Trinajstić information content (AvgIpc) is 2.33. The highest BCUT2D eigenvalue weighted by Crippen LogP contribution is 2.13. The first-order valence-electron chi connectivity index (χ1n) is 5.91. The predicted octanol–water partition coefficient (Wildman–Crippen LogP) is 2.08. The molecule has 0 aliphatic carbocycles. The monoisotopic (exact) mass is 216 g/mol. The molecule has 0 saturated carbocycles. The van der Waals surface area contributed by atoms with E-state index in [-0.39, 0.29) is 0 Å². The van der Waals surface area contributed by atoms with E-state index in [1.54, 1.807) is 0 Å². The Balaban J connectivity index is 2.00. The lowest BCUT2D eigenvalue weighted by Gasteiger charge is -2.32. The minimum atomic E-state index is 1.05. The Morgan fingerprint density at radius 1 is 1.19 bits per heavy atom. The summed E-state index contributed by atoms with van der Waals surface area (Å²) < 4.78 is 0. The lowest BCUT2D eigenvalue weighted by Crippen LogP contribution is -2.43. The highest BCUT2D eigenvalue weighted by Gasteiger charge is 2.14. The highest BCUT2D eigenvalue weighted by atomic mass is 15.2. The van der Waals surface area contributed by atoms with Crippen molar-refractivity contribution in [3.8, 4) is 0 Å². The second kappa shape index (κ2) is 5.28. The second-order valence-corrected chi connectivity index (χ2v) is 4.48. The van der Waals surface area contributed by atoms with Crippen LogP contribution >= 0.6 is 0 Å². The predicted molar refractivity (Wildman–Crippen MR) is 69.3 cm³/mol. The van der Waals surface area contributed by atoms with Gasteiger partial charge in [-0.2, -0.15) is 0 Å². The molecule has 86 valence electrons. The van der Waals surface area contributed by atoms with Gasteiger partial charge in [0, 0.05) is 32.7 Å². The summed E-state index contributed by atoms with van der Waals surface area (Å²) in [5, 5.41) is 0. The maximum atomic E-state index is 3.87. The van der Waals surface area contributed by atoms with Gasteiger partial charge in [-0.1, -0.05) is 36.9 Å². The minimum absolute atomic E-state index is 1.05. The Morgan fingerprint density at radius 3 is 2.56 bits per heavy atom. The van der Waals surface area contributed by atoms with Crippen molar-refractivity contribution in [3.63, 3.8) is 0 Å². The molecule has 2 rings (SSSR count). The van der Waals surface area contributed by atoms with Gasteiger partial charge in [-0.15, -0.1) is 0 Å². The molecule has 1 aromatic carbocycles. The molecule has 0 bridgehead atoms. The second-order valence-electron chi connectivity index (χ2n) is 4.48. The third kappa shape index (κ3) is 2.71. The minimum Gasteiger partial charge on any atom is -0.304 e. The zero-order valence-corrected chi connectivity index (χ0v) is 10.0. The van der Waals surface area contributed by atoms with E-state index >= 15 is 0 Å². The van der Waals surface area contributed by atoms with Gasteiger partial charge < -0.3 is 4.90 Å². The van der Waals surface area contributed by atoms with Gasteiger partial charge in [0.1, 0.15) is 0 Å². The van der Waals surface area contributed by atoms with Gasteiger partial charge in [0.25, 0.3) is 0 Å². The van der Waals surface area contributed by atoms with E-state index in [2.05, 4.69) is 47.7 Å². The molecular weight excluding hydrogens is 196 g/mol. The zero-order chi connectivity index (χ0) is 11.4. The average molecular weight is 216 g/mol. The number of rotatable bonds is 3. The van der Waals surface area contributed by atoms with Gasteiger partial charge in [0.05, 0.1) is 0 Å². The summed E-state index contributed by atoms with van der Waals surface area (Å²) >= 11 is 0. The van der Waals surface area contributed by atoms with Crippen LogP contribution in [0.3, 0.4) is 0 Å². The first-order valence-corrected chi connectivity index (χ1v) is 5.91. The molecular formula is C14H20N2. The molecule has 1 aromatic rings. The molecule has 0 atom stereocenters. The summed E-state index contributed by atoms with van der Waals surface area (Å²) in [6.07, 6.45) is 1.95. The van der Waals surface area contributed by atoms with Crippen LogP contribution in [0.1, 0.15) is 11.1 Å². The molecule has 1 fully saturated rings. The largest absolute Gasteiger partial charge is 0.304 e. The molecule has 1 heterocycles. The molecule has 0 aromatic heterocycles. The number of hydrogen-bond acceptors (Lipinski definition) is 2. The quantitative estimate of drug-likeness (QED) is 0.763. The topological polar surface area (TPSA) is 6.48 Å². The van der Waals surface area contributed by atoms with Crippen molar-refractivity contribution in [1.29, 1.82) is 0 Å². The van der Waals surface area contributed by atoms with Gasteiger partial charge in [0.15, 0.2) is 0 Å². The maximum Gasteiger partial charge on any atom is 0.0240 e. The van der Waals surface area contributed by atoms with Crippen LogP contribution in [-0.4, -0.2) is 43.0 Å². The Morgan fingerprint density at radius 2 is 1.88 bits per heavy atom. The molecule has 0 spiro atoms. The van der Waals surface area contributed by atoms with Crippen LogP contribution in [0.15, 0.2) is 30.8 Å². The van der Waals surface area contributed by atoms with Crippen molar-refractivity contribution in [2.24, 2.45) is 0 Å². The number of benzene rings is 1. The van der Waals surface area contributed by atoms with E-state index in [9.17, 15) is 0 Å². The van der Waals surface area contributed by atoms with Crippen molar-refractivity contribution in [2.45, 2.75) is 6.54 Å². The third-order valence-corrected chi connectivity index (χ3v) is 3.26. The molecule has 16 heavy (non-hydrogen) atoms. The van der Waals surface area contributed by atoms with Crippen molar-refractivity contribution in [1.82, 2.24) is 9.80 Å². The van der Waals surface area contributed by atoms with Crippen molar-refractivity contribution in [3.05, 3.63) is 42.0 Å². The van der Waals surface area contributed by atoms with E-state index < -0.39 is 0 Å². The van der Waals surface area contributed by atoms with Crippen LogP contribution in [0.2, 0.25) is 0 Å². The Hall–Kier alpha value is -1.12. The SMILES string of the molecule is C=Cc1ccccc1CN1CCN(C)CC1. The van der Waals surface area contributed by atoms with Crippen molar-refractivity contribution < 1.29 is 0 Å². The fourth-order valence-corrected chi connectivity index (χ4v) is 2.12. The molecule has 0 N–H and O–H groups in total. The highest BCUT2D eigenvalue weighted by molar-refractivity contribution is 5.51. The molecule has 1 aliphatic heterocycles. The Kier molecular flexibility index (Phi) is 3.75. The summed E-state index contributed by atoms with van der Waals surface area (Å²) in [5.41, 5.74) is 2.66. The summed E-state index contributed by atoms with van der Waals surface area (Å²) in [4.78, 5) is 4.90. The Bertz CT molecular complexity index is 352. The van der Waals surface area contributed by atoms with Gasteiger partial charge in [-0.05, 0) is 18.2 Å². The third-order valence-electron chi connectivity index (χ3n) is 3.26. The normalized spacial score (nSPS) is 18.6. The van der Waals surface area contributed by atoms with Gasteiger partial charge in [0.2, 0.25) is 0 Å². The van der Waals surface area contributed by atoms with Gasteiger partial charge in [-0.25, -0.2) is 0 Å². The lowest BCUT2D eigenvalue weighted by molar-refractivity contribution is 0.148. The number of nitrogens with zero attached hydrogens (tertiary/aromatic N) is 2. The summed E-state index contributed by atoms with van der Waals surface area (Å²) in [7, 11) is 2.19. The molecule has 0 unspecified atom stereocenters. The van der Waals surface area contributed by atoms with Gasteiger partial charge in [-0.3, -0.25) is 4.90 Å². The first kappa shape index (κ1) is 11.4. The number of likely N-dealkylation sites (N-methyl/N-ethyl adjacent to an activating group) is 1. The van der Waals surface area contributed by atoms with Crippen LogP contribution in [0.4, 0.5) is 0 Å². The van der Waals surface area contributed by atoms with Gasteiger partial charge >= 0.3 is 0 Å². The first-order chi connectivity index (χ1) is 7.79. The molecule has 2 nitrogen and oxygen atoms in total. The van der Waals surface area contributed by atoms with E-state index in [1.165, 1.54) is 37.3 Å². The van der Waals surface area contributed by atoms with E-state index in [0.717, 1.165) is 6.54 Å². The molecule has 1 aliphatic rings. The van der Waals surface area contributed by atoms with Crippen LogP contribution in [0.5, 0.6) is 0 Å². The van der Waals surface area contributed by atoms with E-state index in [1.807, 2.05) is 6.08 Å². The summed E-state index contributed by atoms with van der Waals surface area (Å²) in [6.45, 7) is 9.61. The van der Waals surface area contributed by atoms with E-state index in [0.29, 0.717) is 0 Å². The van der Waals surface area contributed by atoms with Crippen LogP contribution in [0.25, 0.3) is 6.08 Å². The fourth-order valence-electron chi connectivity index (χ4n) is 2.12. The van der Waals surface area contributed by atoms with Crippen LogP contribution < -0.4 is 0 Å². The van der Waals surface area contributed by atoms with Crippen LogP contribution in [0, 0.1) is 0 Å². The summed E-state index contributed by atoms with van der Waals surface area (Å²) in [5.74, 6) is 0. The lowest BCUT2D eigenvalue weighted by atomic mass is 10.1. The number of piperazine rings is 1. The zero-order valence-electron chi connectivity index (χ0n) is 10.0. The molecule has 0 radical (unpaired) electrons. The smallest absolute Gasteiger partial charge is 0.0240 e. The standard InChI is InChI=1S/C14H20N2/c1-3-13-6-4-5-7-14(13)12-16-10-8-15(2)9-11-16/h3-7H,1,8-12H2,2H3. The Labute approximate surface area is 98.2 Å². The molecule has 2 heteroatoms. The fraction of sp³-hybridized carbons (Fsp3) is 0.429.